The van der Waals surface area contributed by atoms with E-state index in [0.717, 1.165) is 138 Å². The third-order valence-corrected chi connectivity index (χ3v) is 22.4. The molecule has 0 saturated heterocycles. The lowest BCUT2D eigenvalue weighted by atomic mass is 9.89. The number of aromatic nitrogens is 6. The standard InChI is InChI=1S/C53H31N3O2.C47H29N3O/c1-2-13-32(14-3-1)55-44-24-8-5-17-40(44)50-45(55)28-27-35(38-19-11-20-39-42-31-54-30-29-48(42)57-52(38)39)49(50)41-22-10-18-36-33-15-4-7-23-43(33)56(51(36)41)46-25-12-21-37-34-16-6-9-26-47(34)58-53(37)46;1-3-12-30(13-4-1)33-23-24-42-46(37-17-8-10-21-41(37)49(42)31-14-5-2-6-15-31)45(33)38-19-11-18-36-34-16-7-9-20-40(34)50(47(36)38)32-22-25-43-39(28-32)35-26-27-48-29-44(35)51-43/h1-31H;1-29H. The number of hydrogen-bond acceptors (Lipinski definition) is 5. The van der Waals surface area contributed by atoms with Crippen molar-refractivity contribution in [3.8, 4) is 67.3 Å². The molecular formula is C100H60N6O3. The molecule has 0 aliphatic heterocycles. The van der Waals surface area contributed by atoms with Gasteiger partial charge >= 0.3 is 0 Å². The number of rotatable bonds is 8. The monoisotopic (exact) mass is 1390 g/mol. The number of fused-ring (bicyclic) bond motifs is 21. The molecule has 9 heteroatoms. The Balaban J connectivity index is 0.000000132. The lowest BCUT2D eigenvalue weighted by Gasteiger charge is -2.17. The summed E-state index contributed by atoms with van der Waals surface area (Å²) >= 11 is 0. The summed E-state index contributed by atoms with van der Waals surface area (Å²) in [6, 6.07) is 122. The molecule has 0 N–H and O–H groups in total. The highest BCUT2D eigenvalue weighted by atomic mass is 16.3. The van der Waals surface area contributed by atoms with Crippen LogP contribution in [0.2, 0.25) is 0 Å². The molecule has 0 saturated carbocycles. The van der Waals surface area contributed by atoms with Gasteiger partial charge < -0.3 is 31.5 Å². The van der Waals surface area contributed by atoms with Crippen LogP contribution in [0.1, 0.15) is 0 Å². The lowest BCUT2D eigenvalue weighted by molar-refractivity contribution is 0.666. The summed E-state index contributed by atoms with van der Waals surface area (Å²) in [4.78, 5) is 8.77. The molecule has 9 nitrogen and oxygen atoms in total. The number of para-hydroxylation sites is 11. The lowest BCUT2D eigenvalue weighted by Crippen LogP contribution is -1.98. The maximum atomic E-state index is 6.76. The molecule has 0 aliphatic carbocycles. The van der Waals surface area contributed by atoms with Crippen molar-refractivity contribution in [2.75, 3.05) is 0 Å². The van der Waals surface area contributed by atoms with Gasteiger partial charge in [-0.2, -0.15) is 0 Å². The largest absolute Gasteiger partial charge is 0.455 e. The zero-order valence-corrected chi connectivity index (χ0v) is 58.5. The molecule has 0 atom stereocenters. The van der Waals surface area contributed by atoms with Gasteiger partial charge in [0.2, 0.25) is 0 Å². The van der Waals surface area contributed by atoms with E-state index < -0.39 is 0 Å². The molecule has 0 radical (unpaired) electrons. The first kappa shape index (κ1) is 60.6. The summed E-state index contributed by atoms with van der Waals surface area (Å²) in [5.41, 5.74) is 27.8. The molecule has 0 unspecified atom stereocenters. The van der Waals surface area contributed by atoms with Crippen molar-refractivity contribution in [1.29, 1.82) is 0 Å². The molecule has 15 aromatic carbocycles. The molecule has 0 spiro atoms. The molecule has 109 heavy (non-hydrogen) atoms. The number of nitrogens with zero attached hydrogens (tertiary/aromatic N) is 6. The van der Waals surface area contributed by atoms with Crippen LogP contribution in [0.5, 0.6) is 0 Å². The summed E-state index contributed by atoms with van der Waals surface area (Å²) in [7, 11) is 0. The van der Waals surface area contributed by atoms with Crippen LogP contribution in [0, 0.1) is 0 Å². The molecule has 0 fully saturated rings. The van der Waals surface area contributed by atoms with Crippen LogP contribution in [-0.4, -0.2) is 28.2 Å². The number of pyridine rings is 2. The van der Waals surface area contributed by atoms with Gasteiger partial charge in [-0.3, -0.25) is 9.97 Å². The average Bonchev–Trinajstić information content (AvgIpc) is 1.56. The second-order valence-electron chi connectivity index (χ2n) is 28.2. The Bertz CT molecular complexity index is 7860. The normalized spacial score (nSPS) is 12.0. The first-order chi connectivity index (χ1) is 54.1. The third kappa shape index (κ3) is 9.02. The molecule has 9 aromatic heterocycles. The Kier molecular flexibility index (Phi) is 13.3. The molecule has 0 aliphatic rings. The summed E-state index contributed by atoms with van der Waals surface area (Å²) in [5, 5.41) is 16.0. The average molecular weight is 1390 g/mol. The summed E-state index contributed by atoms with van der Waals surface area (Å²) in [5.74, 6) is 0. The van der Waals surface area contributed by atoms with E-state index in [0.29, 0.717) is 0 Å². The van der Waals surface area contributed by atoms with Crippen molar-refractivity contribution in [2.24, 2.45) is 0 Å². The van der Waals surface area contributed by atoms with E-state index in [-0.39, 0.29) is 0 Å². The van der Waals surface area contributed by atoms with Crippen molar-refractivity contribution >= 4 is 153 Å². The van der Waals surface area contributed by atoms with E-state index in [1.54, 1.807) is 12.4 Å². The Hall–Kier alpha value is -14.8. The van der Waals surface area contributed by atoms with Gasteiger partial charge in [-0.1, -0.05) is 237 Å². The van der Waals surface area contributed by atoms with Gasteiger partial charge in [0.05, 0.1) is 56.0 Å². The Morgan fingerprint density at radius 1 is 0.220 bits per heavy atom. The van der Waals surface area contributed by atoms with Gasteiger partial charge in [-0.25, -0.2) is 0 Å². The van der Waals surface area contributed by atoms with Gasteiger partial charge in [-0.05, 0) is 120 Å². The minimum atomic E-state index is 0.793. The molecule has 0 amide bonds. The quantitative estimate of drug-likeness (QED) is 0.151. The maximum Gasteiger partial charge on any atom is 0.159 e. The van der Waals surface area contributed by atoms with Gasteiger partial charge in [-0.15, -0.1) is 0 Å². The van der Waals surface area contributed by atoms with Crippen LogP contribution in [0.4, 0.5) is 0 Å². The first-order valence-corrected chi connectivity index (χ1v) is 36.9. The predicted octanol–water partition coefficient (Wildman–Crippen LogP) is 26.9. The third-order valence-electron chi connectivity index (χ3n) is 22.4. The summed E-state index contributed by atoms with van der Waals surface area (Å²) in [6.07, 6.45) is 7.33. The van der Waals surface area contributed by atoms with Crippen molar-refractivity contribution < 1.29 is 13.3 Å². The molecule has 0 bridgehead atoms. The Labute approximate surface area is 622 Å². The van der Waals surface area contributed by atoms with Crippen LogP contribution in [0.25, 0.3) is 220 Å². The SMILES string of the molecule is c1ccc(-c2ccc3c(c2-c2cccc4c5ccccc5n(-c5ccc6oc7cnccc7c6c5)c24)c2ccccc2n3-c2ccccc2)cc1.c1ccc(-n2c3ccccc3c3c(-c4cccc5c6ccccc6n(-c6cccc7c6oc6ccccc67)c45)c(-c4cccc5c4oc4ccncc45)ccc32)cc1. The van der Waals surface area contributed by atoms with Crippen LogP contribution in [-0.2, 0) is 0 Å². The number of furan rings is 3. The fourth-order valence-corrected chi connectivity index (χ4v) is 18.0. The highest BCUT2D eigenvalue weighted by molar-refractivity contribution is 6.27. The Morgan fingerprint density at radius 2 is 0.679 bits per heavy atom. The van der Waals surface area contributed by atoms with Crippen molar-refractivity contribution in [3.63, 3.8) is 0 Å². The van der Waals surface area contributed by atoms with E-state index in [4.69, 9.17) is 13.3 Å². The van der Waals surface area contributed by atoms with E-state index in [2.05, 4.69) is 350 Å². The topological polar surface area (TPSA) is 84.9 Å². The van der Waals surface area contributed by atoms with Gasteiger partial charge in [0.15, 0.2) is 11.2 Å². The summed E-state index contributed by atoms with van der Waals surface area (Å²) in [6.45, 7) is 0. The molecule has 24 aromatic rings. The second kappa shape index (κ2) is 23.9. The van der Waals surface area contributed by atoms with Crippen LogP contribution in [0.3, 0.4) is 0 Å². The first-order valence-electron chi connectivity index (χ1n) is 36.9. The summed E-state index contributed by atoms with van der Waals surface area (Å²) < 4.78 is 29.4. The van der Waals surface area contributed by atoms with Gasteiger partial charge in [0.1, 0.15) is 22.3 Å². The minimum Gasteiger partial charge on any atom is -0.455 e. The van der Waals surface area contributed by atoms with Gasteiger partial charge in [0.25, 0.3) is 0 Å². The molecular weight excluding hydrogens is 1330 g/mol. The van der Waals surface area contributed by atoms with Crippen LogP contribution < -0.4 is 0 Å². The second-order valence-corrected chi connectivity index (χ2v) is 28.2. The van der Waals surface area contributed by atoms with Crippen LogP contribution >= 0.6 is 0 Å². The van der Waals surface area contributed by atoms with Crippen molar-refractivity contribution in [2.45, 2.75) is 0 Å². The van der Waals surface area contributed by atoms with E-state index in [1.165, 1.54) is 81.9 Å². The molecule has 508 valence electrons. The number of benzene rings is 15. The predicted molar refractivity (Wildman–Crippen MR) is 449 cm³/mol. The minimum absolute atomic E-state index is 0.793. The Morgan fingerprint density at radius 3 is 1.34 bits per heavy atom. The maximum absolute atomic E-state index is 6.76. The van der Waals surface area contributed by atoms with Crippen molar-refractivity contribution in [1.82, 2.24) is 28.2 Å². The van der Waals surface area contributed by atoms with E-state index in [1.807, 2.05) is 30.6 Å². The van der Waals surface area contributed by atoms with E-state index in [9.17, 15) is 0 Å². The van der Waals surface area contributed by atoms with E-state index >= 15 is 0 Å². The molecule has 9 heterocycles. The zero-order chi connectivity index (χ0) is 71.4. The zero-order valence-electron chi connectivity index (χ0n) is 58.5. The van der Waals surface area contributed by atoms with Crippen molar-refractivity contribution in [3.05, 3.63) is 365 Å². The molecule has 24 rings (SSSR count). The number of hydrogen-bond donors (Lipinski definition) is 0. The smallest absolute Gasteiger partial charge is 0.159 e. The van der Waals surface area contributed by atoms with Gasteiger partial charge in [0, 0.05) is 139 Å². The van der Waals surface area contributed by atoms with Crippen LogP contribution in [0.15, 0.2) is 378 Å². The highest BCUT2D eigenvalue weighted by Crippen LogP contribution is 2.52. The highest BCUT2D eigenvalue weighted by Gasteiger charge is 2.29. The fourth-order valence-electron chi connectivity index (χ4n) is 18.0. The fraction of sp³-hybridized carbons (Fsp3) is 0.